The molecule has 3 saturated carbocycles. The average Bonchev–Trinajstić information content (AvgIpc) is 2.86. The Morgan fingerprint density at radius 3 is 2.59 bits per heavy atom. The van der Waals surface area contributed by atoms with E-state index in [-0.39, 0.29) is 30.0 Å². The quantitative estimate of drug-likeness (QED) is 0.594. The molecule has 0 aromatic rings. The molecule has 0 heterocycles. The first-order valence-electron chi connectivity index (χ1n) is 10.2. The zero-order valence-electron chi connectivity index (χ0n) is 16.9. The zero-order chi connectivity index (χ0) is 21.6. The molecule has 160 valence electrons. The van der Waals surface area contributed by atoms with Gasteiger partial charge in [-0.2, -0.15) is 12.6 Å². The molecule has 4 rings (SSSR count). The summed E-state index contributed by atoms with van der Waals surface area (Å²) in [5.41, 5.74) is -6.42. The summed E-state index contributed by atoms with van der Waals surface area (Å²) >= 11 is 4.05. The summed E-state index contributed by atoms with van der Waals surface area (Å²) in [5, 5.41) is 22.6. The molecule has 0 bridgehead atoms. The van der Waals surface area contributed by atoms with Gasteiger partial charge in [-0.15, -0.1) is 0 Å². The van der Waals surface area contributed by atoms with Crippen molar-refractivity contribution in [3.63, 3.8) is 0 Å². The van der Waals surface area contributed by atoms with E-state index in [2.05, 4.69) is 12.6 Å². The van der Waals surface area contributed by atoms with Crippen LogP contribution >= 0.6 is 12.6 Å². The van der Waals surface area contributed by atoms with Crippen LogP contribution in [0.2, 0.25) is 0 Å². The molecule has 0 aromatic carbocycles. The molecule has 0 spiro atoms. The maximum absolute atomic E-state index is 16.9. The summed E-state index contributed by atoms with van der Waals surface area (Å²) < 4.78 is 32.2. The summed E-state index contributed by atoms with van der Waals surface area (Å²) in [5.74, 6) is -2.83. The highest BCUT2D eigenvalue weighted by Gasteiger charge is 2.76. The normalized spacial score (nSPS) is 53.7. The van der Waals surface area contributed by atoms with Crippen LogP contribution in [-0.4, -0.2) is 51.1 Å². The van der Waals surface area contributed by atoms with Crippen LogP contribution in [0.3, 0.4) is 0 Å². The van der Waals surface area contributed by atoms with Crippen molar-refractivity contribution >= 4 is 24.2 Å². The Morgan fingerprint density at radius 1 is 1.31 bits per heavy atom. The molecule has 4 nitrogen and oxygen atoms in total. The van der Waals surface area contributed by atoms with Crippen LogP contribution in [0, 0.1) is 28.6 Å². The molecule has 2 unspecified atom stereocenters. The standard InChI is InChI=1S/C22H28F2O4S/c1-11-6-13-14-8-16(23)15-7-12(25)4-5-19(15,2)21(14,24)17(26)9-20(13,3)22(11,28)18(27)10-29/h4-5,7,11,13-14,16-17,26,28-29H,6,8-10H2,1-3H3/t11-,13-,14-,16?,17-,19-,20-,21?,22-/m0/s1. The fraction of sp³-hybridized carbons (Fsp3) is 0.727. The van der Waals surface area contributed by atoms with Crippen LogP contribution in [0.1, 0.15) is 40.0 Å². The Balaban J connectivity index is 1.87. The monoisotopic (exact) mass is 426 g/mol. The second-order valence-corrected chi connectivity index (χ2v) is 10.2. The van der Waals surface area contributed by atoms with Gasteiger partial charge in [0.1, 0.15) is 11.8 Å². The minimum absolute atomic E-state index is 0.0687. The Morgan fingerprint density at radius 2 is 1.97 bits per heavy atom. The van der Waals surface area contributed by atoms with Gasteiger partial charge >= 0.3 is 0 Å². The maximum atomic E-state index is 16.9. The van der Waals surface area contributed by atoms with Crippen molar-refractivity contribution in [1.82, 2.24) is 0 Å². The van der Waals surface area contributed by atoms with Crippen molar-refractivity contribution in [2.45, 2.75) is 63.6 Å². The Kier molecular flexibility index (Phi) is 4.56. The third-order valence-corrected chi connectivity index (χ3v) is 9.07. The molecule has 0 radical (unpaired) electrons. The van der Waals surface area contributed by atoms with E-state index in [1.165, 1.54) is 19.1 Å². The van der Waals surface area contributed by atoms with E-state index in [1.54, 1.807) is 13.8 Å². The van der Waals surface area contributed by atoms with Gasteiger partial charge in [-0.25, -0.2) is 8.78 Å². The third-order valence-electron chi connectivity index (χ3n) is 8.78. The highest BCUT2D eigenvalue weighted by molar-refractivity contribution is 7.81. The minimum Gasteiger partial charge on any atom is -0.390 e. The van der Waals surface area contributed by atoms with E-state index in [1.807, 2.05) is 0 Å². The number of allylic oxidation sites excluding steroid dienone is 4. The number of aliphatic hydroxyl groups is 2. The van der Waals surface area contributed by atoms with Gasteiger partial charge in [-0.3, -0.25) is 9.59 Å². The van der Waals surface area contributed by atoms with Gasteiger partial charge in [0.25, 0.3) is 0 Å². The molecule has 29 heavy (non-hydrogen) atoms. The summed E-state index contributed by atoms with van der Waals surface area (Å²) in [6.07, 6.45) is 0.790. The van der Waals surface area contributed by atoms with Gasteiger partial charge in [0.2, 0.25) is 0 Å². The molecule has 9 atom stereocenters. The summed E-state index contributed by atoms with van der Waals surface area (Å²) in [6, 6.07) is 0. The van der Waals surface area contributed by atoms with Crippen molar-refractivity contribution in [1.29, 1.82) is 0 Å². The summed E-state index contributed by atoms with van der Waals surface area (Å²) in [4.78, 5) is 24.5. The Hall–Kier alpha value is -1.05. The number of hydrogen-bond acceptors (Lipinski definition) is 5. The van der Waals surface area contributed by atoms with Crippen molar-refractivity contribution in [2.24, 2.45) is 28.6 Å². The van der Waals surface area contributed by atoms with Gasteiger partial charge in [-0.05, 0) is 55.7 Å². The molecule has 3 fully saturated rings. The van der Waals surface area contributed by atoms with E-state index in [0.29, 0.717) is 6.42 Å². The van der Waals surface area contributed by atoms with Crippen molar-refractivity contribution in [3.8, 4) is 0 Å². The van der Waals surface area contributed by atoms with Gasteiger partial charge < -0.3 is 10.2 Å². The number of fused-ring (bicyclic) bond motifs is 5. The lowest BCUT2D eigenvalue weighted by atomic mass is 9.44. The van der Waals surface area contributed by atoms with Gasteiger partial charge in [0.15, 0.2) is 17.2 Å². The van der Waals surface area contributed by atoms with Gasteiger partial charge in [0, 0.05) is 16.7 Å². The van der Waals surface area contributed by atoms with Gasteiger partial charge in [0.05, 0.1) is 11.9 Å². The highest BCUT2D eigenvalue weighted by Crippen LogP contribution is 2.70. The fourth-order valence-corrected chi connectivity index (χ4v) is 7.50. The number of ketones is 2. The number of rotatable bonds is 2. The topological polar surface area (TPSA) is 74.6 Å². The Labute approximate surface area is 174 Å². The maximum Gasteiger partial charge on any atom is 0.178 e. The van der Waals surface area contributed by atoms with Crippen LogP contribution in [-0.2, 0) is 9.59 Å². The predicted molar refractivity (Wildman–Crippen MR) is 107 cm³/mol. The number of Topliss-reactive ketones (excluding diaryl/α,β-unsaturated/α-hetero) is 1. The van der Waals surface area contributed by atoms with Crippen LogP contribution in [0.25, 0.3) is 0 Å². The number of carbonyl (C=O) groups excluding carboxylic acids is 2. The number of hydrogen-bond donors (Lipinski definition) is 3. The SMILES string of the molecule is C[C@H]1C[C@H]2[C@@H]3CC(F)C4=CC(=O)C=C[C@]4(C)C3(F)[C@@H](O)C[C@]2(C)[C@@]1(O)C(=O)CS. The van der Waals surface area contributed by atoms with Crippen molar-refractivity contribution < 1.29 is 28.6 Å². The van der Waals surface area contributed by atoms with Crippen molar-refractivity contribution in [3.05, 3.63) is 23.8 Å². The molecular weight excluding hydrogens is 398 g/mol. The molecule has 4 aliphatic rings. The first-order chi connectivity index (χ1) is 13.4. The van der Waals surface area contributed by atoms with Crippen molar-refractivity contribution in [2.75, 3.05) is 5.75 Å². The van der Waals surface area contributed by atoms with E-state index in [0.717, 1.165) is 6.08 Å². The van der Waals surface area contributed by atoms with Crippen LogP contribution in [0.15, 0.2) is 23.8 Å². The lowest BCUT2D eigenvalue weighted by Gasteiger charge is -2.63. The van der Waals surface area contributed by atoms with Crippen LogP contribution in [0.4, 0.5) is 8.78 Å². The largest absolute Gasteiger partial charge is 0.390 e. The first kappa shape index (κ1) is 21.2. The second kappa shape index (κ2) is 6.24. The van der Waals surface area contributed by atoms with E-state index in [4.69, 9.17) is 0 Å². The molecule has 0 aromatic heterocycles. The highest BCUT2D eigenvalue weighted by atomic mass is 32.1. The number of halogens is 2. The second-order valence-electron chi connectivity index (χ2n) is 9.84. The molecular formula is C22H28F2O4S. The van der Waals surface area contributed by atoms with E-state index in [9.17, 15) is 19.8 Å². The minimum atomic E-state index is -2.20. The zero-order valence-corrected chi connectivity index (χ0v) is 17.8. The van der Waals surface area contributed by atoms with Gasteiger partial charge in [-0.1, -0.05) is 19.9 Å². The average molecular weight is 427 g/mol. The Bertz CT molecular complexity index is 843. The molecule has 0 saturated heterocycles. The first-order valence-corrected chi connectivity index (χ1v) is 10.8. The predicted octanol–water partition coefficient (Wildman–Crippen LogP) is 2.78. The van der Waals surface area contributed by atoms with E-state index >= 15 is 8.78 Å². The van der Waals surface area contributed by atoms with E-state index < -0.39 is 57.9 Å². The third kappa shape index (κ3) is 2.27. The van der Waals surface area contributed by atoms with Crippen LogP contribution in [0.5, 0.6) is 0 Å². The number of aliphatic hydroxyl groups excluding tert-OH is 1. The lowest BCUT2D eigenvalue weighted by molar-refractivity contribution is -0.222. The molecule has 0 aliphatic heterocycles. The van der Waals surface area contributed by atoms with Crippen LogP contribution < -0.4 is 0 Å². The molecule has 4 aliphatic carbocycles. The lowest BCUT2D eigenvalue weighted by Crippen LogP contribution is -2.70. The smallest absolute Gasteiger partial charge is 0.178 e. The molecule has 0 amide bonds. The number of alkyl halides is 2. The molecule has 7 heteroatoms. The molecule has 2 N–H and O–H groups in total. The summed E-state index contributed by atoms with van der Waals surface area (Å²) in [7, 11) is 0. The number of carbonyl (C=O) groups is 2. The fourth-order valence-electron chi connectivity index (χ4n) is 7.25. The number of thiol groups is 1. The summed E-state index contributed by atoms with van der Waals surface area (Å²) in [6.45, 7) is 5.00.